The van der Waals surface area contributed by atoms with E-state index in [1.165, 1.54) is 6.26 Å². The minimum Gasteiger partial charge on any atom is -0.496 e. The number of hydrogen-bond acceptors (Lipinski definition) is 10. The fraction of sp³-hybridized carbons (Fsp3) is 0.500. The molecule has 12 heteroatoms. The summed E-state index contributed by atoms with van der Waals surface area (Å²) in [5, 5.41) is 15.7. The number of rotatable bonds is 9. The van der Waals surface area contributed by atoms with Crippen molar-refractivity contribution in [3.8, 4) is 22.8 Å². The molecule has 0 aromatic carbocycles. The molecule has 4 aromatic heterocycles. The van der Waals surface area contributed by atoms with E-state index in [9.17, 15) is 13.5 Å². The second kappa shape index (κ2) is 11.7. The Labute approximate surface area is 258 Å². The molecular weight excluding hydrogens is 580 g/mol. The second-order valence-electron chi connectivity index (χ2n) is 12.3. The van der Waals surface area contributed by atoms with Crippen LogP contribution in [0.3, 0.4) is 0 Å². The van der Waals surface area contributed by atoms with Crippen LogP contribution in [0.15, 0.2) is 42.9 Å². The van der Waals surface area contributed by atoms with E-state index < -0.39 is 15.4 Å². The Bertz CT molecular complexity index is 1780. The van der Waals surface area contributed by atoms with Gasteiger partial charge in [-0.3, -0.25) is 9.97 Å². The number of aryl methyl sites for hydroxylation is 1. The van der Waals surface area contributed by atoms with Crippen LogP contribution in [-0.4, -0.2) is 89.3 Å². The maximum atomic E-state index is 12.0. The van der Waals surface area contributed by atoms with E-state index in [1.54, 1.807) is 26.6 Å². The summed E-state index contributed by atoms with van der Waals surface area (Å²) in [5.41, 5.74) is 4.66. The van der Waals surface area contributed by atoms with Crippen LogP contribution in [0.4, 0.5) is 5.69 Å². The van der Waals surface area contributed by atoms with Gasteiger partial charge in [0.1, 0.15) is 15.6 Å². The van der Waals surface area contributed by atoms with E-state index in [-0.39, 0.29) is 30.2 Å². The first-order valence-electron chi connectivity index (χ1n) is 15.0. The maximum Gasteiger partial charge on any atom is 0.156 e. The molecule has 0 bridgehead atoms. The quantitative estimate of drug-likeness (QED) is 0.292. The SMILES string of the molecule is COc1ccncc1-c1cc2c(cnn2-c2cc(N3C[C@H](CS(C)(=O)=O)[C@H]3C)cc(C3CCC(CO)(OC)CC3)n2)c(C)n1. The second-order valence-corrected chi connectivity index (χ2v) is 14.5. The average Bonchev–Trinajstić information content (AvgIpc) is 3.47. The van der Waals surface area contributed by atoms with E-state index in [0.29, 0.717) is 18.1 Å². The summed E-state index contributed by atoms with van der Waals surface area (Å²) in [6.45, 7) is 4.70. The molecule has 4 aromatic rings. The first-order chi connectivity index (χ1) is 21.0. The Hall–Kier alpha value is -3.61. The van der Waals surface area contributed by atoms with Crippen LogP contribution < -0.4 is 9.64 Å². The van der Waals surface area contributed by atoms with E-state index in [2.05, 4.69) is 22.9 Å². The van der Waals surface area contributed by atoms with Crippen LogP contribution in [0, 0.1) is 12.8 Å². The van der Waals surface area contributed by atoms with Crippen molar-refractivity contribution in [2.24, 2.45) is 5.92 Å². The number of fused-ring (bicyclic) bond motifs is 1. The molecule has 0 spiro atoms. The molecule has 0 radical (unpaired) electrons. The number of anilines is 1. The zero-order valence-electron chi connectivity index (χ0n) is 25.9. The smallest absolute Gasteiger partial charge is 0.156 e. The molecule has 2 atom stereocenters. The summed E-state index contributed by atoms with van der Waals surface area (Å²) in [6.07, 6.45) is 9.72. The van der Waals surface area contributed by atoms with Crippen LogP contribution in [-0.2, 0) is 14.6 Å². The van der Waals surface area contributed by atoms with Gasteiger partial charge >= 0.3 is 0 Å². The van der Waals surface area contributed by atoms with Gasteiger partial charge in [-0.1, -0.05) is 0 Å². The highest BCUT2D eigenvalue weighted by molar-refractivity contribution is 7.90. The van der Waals surface area contributed by atoms with Crippen molar-refractivity contribution in [3.63, 3.8) is 0 Å². The molecule has 44 heavy (non-hydrogen) atoms. The largest absolute Gasteiger partial charge is 0.496 e. The molecule has 0 amide bonds. The highest BCUT2D eigenvalue weighted by atomic mass is 32.2. The first-order valence-corrected chi connectivity index (χ1v) is 17.1. The number of hydrogen-bond donors (Lipinski definition) is 1. The molecule has 2 fully saturated rings. The number of pyridine rings is 3. The van der Waals surface area contributed by atoms with Gasteiger partial charge in [0.25, 0.3) is 0 Å². The summed E-state index contributed by atoms with van der Waals surface area (Å²) in [4.78, 5) is 16.6. The van der Waals surface area contributed by atoms with Gasteiger partial charge in [0.15, 0.2) is 5.82 Å². The summed E-state index contributed by atoms with van der Waals surface area (Å²) in [5.74, 6) is 1.80. The van der Waals surface area contributed by atoms with Gasteiger partial charge in [0, 0.05) is 78.7 Å². The number of ether oxygens (including phenoxy) is 2. The molecule has 1 N–H and O–H groups in total. The molecule has 234 valence electrons. The standard InChI is InChI=1S/C32H40N6O5S/c1-20-25-16-34-38(29(25)14-28(35-20)26-15-33-11-8-30(26)42-3)31-13-24(37-17-23(21(37)2)18-44(5,40)41)12-27(36-31)22-6-9-32(19-39,43-4)10-7-22/h8,11-16,21-23,39H,6-7,9-10,17-19H2,1-5H3/t21-,22?,23-,32?/m1/s1. The predicted octanol–water partition coefficient (Wildman–Crippen LogP) is 4.10. The van der Waals surface area contributed by atoms with Crippen LogP contribution in [0.5, 0.6) is 5.75 Å². The van der Waals surface area contributed by atoms with E-state index in [4.69, 9.17) is 24.5 Å². The van der Waals surface area contributed by atoms with Crippen molar-refractivity contribution in [2.45, 2.75) is 57.1 Å². The minimum atomic E-state index is -3.07. The van der Waals surface area contributed by atoms with Crippen LogP contribution >= 0.6 is 0 Å². The highest BCUT2D eigenvalue weighted by Crippen LogP contribution is 2.42. The molecule has 0 unspecified atom stereocenters. The fourth-order valence-electron chi connectivity index (χ4n) is 6.73. The number of sulfone groups is 1. The lowest BCUT2D eigenvalue weighted by molar-refractivity contribution is -0.0784. The van der Waals surface area contributed by atoms with Crippen LogP contribution in [0.1, 0.15) is 49.9 Å². The summed E-state index contributed by atoms with van der Waals surface area (Å²) in [6, 6.07) is 8.06. The number of methoxy groups -OCH3 is 2. The van der Waals surface area contributed by atoms with E-state index in [1.807, 2.05) is 36.0 Å². The van der Waals surface area contributed by atoms with Gasteiger partial charge in [0.2, 0.25) is 0 Å². The molecule has 2 aliphatic rings. The molecule has 1 saturated heterocycles. The van der Waals surface area contributed by atoms with Crippen molar-refractivity contribution < 1.29 is 23.0 Å². The molecule has 1 aliphatic heterocycles. The third-order valence-corrected chi connectivity index (χ3v) is 10.6. The third kappa shape index (κ3) is 5.66. The Morgan fingerprint density at radius 3 is 2.55 bits per heavy atom. The molecule has 1 aliphatic carbocycles. The Morgan fingerprint density at radius 2 is 1.89 bits per heavy atom. The van der Waals surface area contributed by atoms with Crippen LogP contribution in [0.25, 0.3) is 28.0 Å². The highest BCUT2D eigenvalue weighted by Gasteiger charge is 2.39. The molecular formula is C32H40N6O5S. The van der Waals surface area contributed by atoms with Gasteiger partial charge in [-0.25, -0.2) is 18.1 Å². The van der Waals surface area contributed by atoms with Crippen molar-refractivity contribution >= 4 is 26.4 Å². The number of nitrogens with zero attached hydrogens (tertiary/aromatic N) is 6. The van der Waals surface area contributed by atoms with E-state index in [0.717, 1.165) is 64.9 Å². The normalized spacial score (nSPS) is 24.0. The Balaban J connectivity index is 1.43. The Kier molecular flexibility index (Phi) is 8.10. The Morgan fingerprint density at radius 1 is 1.11 bits per heavy atom. The topological polar surface area (TPSA) is 133 Å². The lowest BCUT2D eigenvalue weighted by Gasteiger charge is -2.48. The van der Waals surface area contributed by atoms with Gasteiger partial charge in [-0.2, -0.15) is 5.10 Å². The fourth-order valence-corrected chi connectivity index (χ4v) is 7.89. The number of aliphatic hydroxyl groups is 1. The average molecular weight is 621 g/mol. The molecule has 11 nitrogen and oxygen atoms in total. The monoisotopic (exact) mass is 620 g/mol. The number of aliphatic hydroxyl groups excluding tert-OH is 1. The summed E-state index contributed by atoms with van der Waals surface area (Å²) >= 11 is 0. The van der Waals surface area contributed by atoms with Crippen molar-refractivity contribution in [1.29, 1.82) is 0 Å². The van der Waals surface area contributed by atoms with Crippen molar-refractivity contribution in [2.75, 3.05) is 44.3 Å². The van der Waals surface area contributed by atoms with Crippen molar-refractivity contribution in [1.82, 2.24) is 24.7 Å². The maximum absolute atomic E-state index is 12.0. The van der Waals surface area contributed by atoms with Gasteiger partial charge < -0.3 is 19.5 Å². The summed E-state index contributed by atoms with van der Waals surface area (Å²) in [7, 11) is 0.224. The van der Waals surface area contributed by atoms with Gasteiger partial charge in [-0.05, 0) is 57.7 Å². The summed E-state index contributed by atoms with van der Waals surface area (Å²) < 4.78 is 37.2. The zero-order valence-corrected chi connectivity index (χ0v) is 26.7. The first kappa shape index (κ1) is 30.4. The molecule has 6 rings (SSSR count). The lowest BCUT2D eigenvalue weighted by atomic mass is 9.77. The minimum absolute atomic E-state index is 0.00132. The van der Waals surface area contributed by atoms with Crippen LogP contribution in [0.2, 0.25) is 0 Å². The molecule has 5 heterocycles. The molecule has 1 saturated carbocycles. The lowest BCUT2D eigenvalue weighted by Crippen LogP contribution is -2.57. The van der Waals surface area contributed by atoms with Gasteiger partial charge in [0.05, 0.1) is 48.0 Å². The predicted molar refractivity (Wildman–Crippen MR) is 169 cm³/mol. The zero-order chi connectivity index (χ0) is 31.2. The van der Waals surface area contributed by atoms with E-state index >= 15 is 0 Å². The van der Waals surface area contributed by atoms with Crippen molar-refractivity contribution in [3.05, 3.63) is 54.2 Å². The third-order valence-electron chi connectivity index (χ3n) is 9.56. The number of aromatic nitrogens is 5. The van der Waals surface area contributed by atoms with Gasteiger partial charge in [-0.15, -0.1) is 0 Å².